The van der Waals surface area contributed by atoms with Gasteiger partial charge in [0.25, 0.3) is 0 Å². The number of methoxy groups -OCH3 is 2. The van der Waals surface area contributed by atoms with E-state index >= 15 is 0 Å². The van der Waals surface area contributed by atoms with Crippen molar-refractivity contribution in [3.05, 3.63) is 29.3 Å². The van der Waals surface area contributed by atoms with Gasteiger partial charge in [-0.2, -0.15) is 0 Å². The molecule has 2 amide bonds. The summed E-state index contributed by atoms with van der Waals surface area (Å²) in [6.45, 7) is 0. The van der Waals surface area contributed by atoms with Crippen molar-refractivity contribution in [1.29, 1.82) is 0 Å². The number of hydrogen-bond acceptors (Lipinski definition) is 5. The highest BCUT2D eigenvalue weighted by Gasteiger charge is 2.18. The molecule has 0 bridgehead atoms. The van der Waals surface area contributed by atoms with Gasteiger partial charge in [-0.1, -0.05) is 0 Å². The fraction of sp³-hybridized carbons (Fsp3) is 0.308. The van der Waals surface area contributed by atoms with Crippen LogP contribution in [0.1, 0.15) is 20.7 Å². The maximum absolute atomic E-state index is 11.7. The summed E-state index contributed by atoms with van der Waals surface area (Å²) in [5, 5.41) is 2.54. The average molecular weight is 280 g/mol. The van der Waals surface area contributed by atoms with E-state index in [-0.39, 0.29) is 16.8 Å². The first-order valence-corrected chi connectivity index (χ1v) is 5.69. The Hall–Kier alpha value is -2.57. The molecule has 0 atom stereocenters. The number of rotatable bonds is 3. The van der Waals surface area contributed by atoms with Crippen molar-refractivity contribution in [3.63, 3.8) is 0 Å². The number of hydrogen-bond donors (Lipinski definition) is 1. The number of esters is 2. The van der Waals surface area contributed by atoms with Crippen LogP contribution in [0.5, 0.6) is 0 Å². The van der Waals surface area contributed by atoms with Crippen LogP contribution in [-0.2, 0) is 9.47 Å². The van der Waals surface area contributed by atoms with Crippen molar-refractivity contribution in [2.75, 3.05) is 33.6 Å². The molecule has 0 aliphatic rings. The zero-order valence-electron chi connectivity index (χ0n) is 11.7. The number of nitrogens with zero attached hydrogens (tertiary/aromatic N) is 1. The number of carbonyl (C=O) groups excluding carboxylic acids is 3. The summed E-state index contributed by atoms with van der Waals surface area (Å²) in [6.07, 6.45) is 0. The molecule has 0 saturated heterocycles. The third kappa shape index (κ3) is 3.47. The van der Waals surface area contributed by atoms with Crippen LogP contribution in [0.3, 0.4) is 0 Å². The summed E-state index contributed by atoms with van der Waals surface area (Å²) in [5.41, 5.74) is 0.518. The van der Waals surface area contributed by atoms with Gasteiger partial charge in [-0.25, -0.2) is 14.4 Å². The van der Waals surface area contributed by atoms with Crippen LogP contribution in [0.4, 0.5) is 10.5 Å². The second-order valence-electron chi connectivity index (χ2n) is 4.07. The van der Waals surface area contributed by atoms with Crippen molar-refractivity contribution in [1.82, 2.24) is 4.90 Å². The molecule has 1 N–H and O–H groups in total. The Bertz CT molecular complexity index is 540. The molecule has 7 nitrogen and oxygen atoms in total. The van der Waals surface area contributed by atoms with Crippen molar-refractivity contribution < 1.29 is 23.9 Å². The Kier molecular flexibility index (Phi) is 5.08. The number of nitrogens with one attached hydrogen (secondary N) is 1. The fourth-order valence-corrected chi connectivity index (χ4v) is 1.40. The lowest BCUT2D eigenvalue weighted by Gasteiger charge is -2.14. The minimum atomic E-state index is -0.662. The van der Waals surface area contributed by atoms with Crippen LogP contribution in [-0.4, -0.2) is 51.2 Å². The topological polar surface area (TPSA) is 84.9 Å². The Morgan fingerprint density at radius 3 is 2.15 bits per heavy atom. The number of urea groups is 1. The molecule has 20 heavy (non-hydrogen) atoms. The monoisotopic (exact) mass is 280 g/mol. The smallest absolute Gasteiger partial charge is 0.340 e. The lowest BCUT2D eigenvalue weighted by Crippen LogP contribution is -2.28. The number of anilines is 1. The van der Waals surface area contributed by atoms with Crippen LogP contribution < -0.4 is 5.32 Å². The molecule has 1 rings (SSSR count). The summed E-state index contributed by atoms with van der Waals surface area (Å²) < 4.78 is 9.21. The van der Waals surface area contributed by atoms with Crippen molar-refractivity contribution in [2.24, 2.45) is 0 Å². The van der Waals surface area contributed by atoms with E-state index in [1.165, 1.54) is 37.3 Å². The predicted molar refractivity (Wildman–Crippen MR) is 71.8 cm³/mol. The molecule has 0 fully saturated rings. The number of benzene rings is 1. The normalized spacial score (nSPS) is 9.60. The van der Waals surface area contributed by atoms with E-state index in [0.29, 0.717) is 0 Å². The van der Waals surface area contributed by atoms with Crippen LogP contribution in [0.25, 0.3) is 0 Å². The summed E-state index contributed by atoms with van der Waals surface area (Å²) in [6, 6.07) is 3.80. The van der Waals surface area contributed by atoms with Crippen LogP contribution >= 0.6 is 0 Å². The van der Waals surface area contributed by atoms with Gasteiger partial charge in [-0.15, -0.1) is 0 Å². The van der Waals surface area contributed by atoms with Crippen molar-refractivity contribution in [2.45, 2.75) is 0 Å². The quantitative estimate of drug-likeness (QED) is 0.845. The molecule has 0 aliphatic heterocycles. The first-order valence-electron chi connectivity index (χ1n) is 5.69. The van der Waals surface area contributed by atoms with Gasteiger partial charge in [0.2, 0.25) is 0 Å². The summed E-state index contributed by atoms with van der Waals surface area (Å²) in [4.78, 5) is 36.1. The fourth-order valence-electron chi connectivity index (χ4n) is 1.40. The van der Waals surface area contributed by atoms with Crippen LogP contribution in [0.2, 0.25) is 0 Å². The molecular formula is C13H16N2O5. The highest BCUT2D eigenvalue weighted by molar-refractivity contribution is 6.03. The lowest BCUT2D eigenvalue weighted by molar-refractivity contribution is 0.0600. The van der Waals surface area contributed by atoms with Gasteiger partial charge < -0.3 is 19.7 Å². The van der Waals surface area contributed by atoms with E-state index in [0.717, 1.165) is 0 Å². The number of amides is 2. The third-order valence-electron chi connectivity index (χ3n) is 2.49. The molecule has 0 unspecified atom stereocenters. The van der Waals surface area contributed by atoms with Gasteiger partial charge in [-0.05, 0) is 18.2 Å². The second kappa shape index (κ2) is 6.55. The van der Waals surface area contributed by atoms with Crippen LogP contribution in [0, 0.1) is 0 Å². The first kappa shape index (κ1) is 15.5. The zero-order valence-corrected chi connectivity index (χ0v) is 11.7. The van der Waals surface area contributed by atoms with E-state index in [1.807, 2.05) is 0 Å². The van der Waals surface area contributed by atoms with Crippen molar-refractivity contribution in [3.8, 4) is 0 Å². The molecule has 1 aromatic carbocycles. The highest BCUT2D eigenvalue weighted by atomic mass is 16.5. The van der Waals surface area contributed by atoms with Gasteiger partial charge in [0, 0.05) is 14.1 Å². The van der Waals surface area contributed by atoms with E-state index < -0.39 is 18.0 Å². The zero-order chi connectivity index (χ0) is 15.3. The molecule has 0 saturated carbocycles. The molecule has 108 valence electrons. The molecule has 0 aromatic heterocycles. The molecule has 0 aliphatic carbocycles. The standard InChI is InChI=1S/C13H16N2O5/c1-15(2)13(18)14-10-6-5-8(11(16)19-3)7-9(10)12(17)20-4/h5-7H,1-4H3,(H,14,18). The molecular weight excluding hydrogens is 264 g/mol. The Morgan fingerprint density at radius 2 is 1.65 bits per heavy atom. The minimum absolute atomic E-state index is 0.0746. The first-order chi connectivity index (χ1) is 9.40. The van der Waals surface area contributed by atoms with Gasteiger partial charge in [0.05, 0.1) is 31.0 Å². The summed E-state index contributed by atoms with van der Waals surface area (Å²) in [7, 11) is 5.58. The molecule has 0 radical (unpaired) electrons. The maximum Gasteiger partial charge on any atom is 0.340 e. The van der Waals surface area contributed by atoms with Gasteiger partial charge in [0.1, 0.15) is 0 Å². The predicted octanol–water partition coefficient (Wildman–Crippen LogP) is 1.35. The maximum atomic E-state index is 11.7. The molecule has 1 aromatic rings. The largest absolute Gasteiger partial charge is 0.465 e. The third-order valence-corrected chi connectivity index (χ3v) is 2.49. The van der Waals surface area contributed by atoms with E-state index in [9.17, 15) is 14.4 Å². The number of carbonyl (C=O) groups is 3. The number of ether oxygens (including phenoxy) is 2. The lowest BCUT2D eigenvalue weighted by atomic mass is 10.1. The Labute approximate surface area is 116 Å². The Balaban J connectivity index is 3.20. The molecule has 0 spiro atoms. The average Bonchev–Trinajstić information content (AvgIpc) is 2.45. The molecule has 0 heterocycles. The summed E-state index contributed by atoms with van der Waals surface area (Å²) >= 11 is 0. The van der Waals surface area contributed by atoms with Gasteiger partial charge in [-0.3, -0.25) is 0 Å². The van der Waals surface area contributed by atoms with E-state index in [1.54, 1.807) is 14.1 Å². The van der Waals surface area contributed by atoms with Gasteiger partial charge in [0.15, 0.2) is 0 Å². The summed E-state index contributed by atoms with van der Waals surface area (Å²) in [5.74, 6) is -1.24. The van der Waals surface area contributed by atoms with E-state index in [4.69, 9.17) is 0 Å². The molecule has 7 heteroatoms. The Morgan fingerprint density at radius 1 is 1.05 bits per heavy atom. The van der Waals surface area contributed by atoms with E-state index in [2.05, 4.69) is 14.8 Å². The second-order valence-corrected chi connectivity index (χ2v) is 4.07. The highest BCUT2D eigenvalue weighted by Crippen LogP contribution is 2.19. The van der Waals surface area contributed by atoms with Gasteiger partial charge >= 0.3 is 18.0 Å². The van der Waals surface area contributed by atoms with Crippen molar-refractivity contribution >= 4 is 23.7 Å². The SMILES string of the molecule is COC(=O)c1ccc(NC(=O)N(C)C)c(C(=O)OC)c1. The van der Waals surface area contributed by atoms with Crippen LogP contribution in [0.15, 0.2) is 18.2 Å². The minimum Gasteiger partial charge on any atom is -0.465 e.